The van der Waals surface area contributed by atoms with Crippen LogP contribution in [-0.2, 0) is 10.0 Å². The number of nitrogen functional groups attached to an aromatic ring is 1. The summed E-state index contributed by atoms with van der Waals surface area (Å²) in [7, 11) is -3.55. The summed E-state index contributed by atoms with van der Waals surface area (Å²) in [6.07, 6.45) is 3.84. The lowest BCUT2D eigenvalue weighted by Gasteiger charge is -2.14. The molecular formula is C15H19ClN2O2S. The Kier molecular flexibility index (Phi) is 2.88. The van der Waals surface area contributed by atoms with Crippen molar-refractivity contribution in [2.24, 2.45) is 23.7 Å². The SMILES string of the molecule is Cc1c(N)cc(Cl)cc1S(=O)(=O)NC1C2C3CCC(C3)C12. The van der Waals surface area contributed by atoms with Crippen molar-refractivity contribution in [1.82, 2.24) is 4.72 Å². The topological polar surface area (TPSA) is 72.2 Å². The first-order valence-corrected chi connectivity index (χ1v) is 9.32. The van der Waals surface area contributed by atoms with Crippen LogP contribution in [0.4, 0.5) is 5.69 Å². The van der Waals surface area contributed by atoms with Crippen molar-refractivity contribution in [2.75, 3.05) is 5.73 Å². The van der Waals surface area contributed by atoms with E-state index in [0.29, 0.717) is 28.1 Å². The highest BCUT2D eigenvalue weighted by atomic mass is 35.5. The van der Waals surface area contributed by atoms with Crippen LogP contribution in [0, 0.1) is 30.6 Å². The van der Waals surface area contributed by atoms with Crippen molar-refractivity contribution < 1.29 is 8.42 Å². The first-order valence-electron chi connectivity index (χ1n) is 7.46. The molecule has 0 heterocycles. The summed E-state index contributed by atoms with van der Waals surface area (Å²) >= 11 is 5.96. The average Bonchev–Trinajstić information content (AvgIpc) is 2.82. The van der Waals surface area contributed by atoms with E-state index in [0.717, 1.165) is 11.8 Å². The summed E-state index contributed by atoms with van der Waals surface area (Å²) in [5.74, 6) is 2.60. The third-order valence-corrected chi connectivity index (χ3v) is 7.48. The van der Waals surface area contributed by atoms with Crippen molar-refractivity contribution in [1.29, 1.82) is 0 Å². The average molecular weight is 327 g/mol. The minimum Gasteiger partial charge on any atom is -0.398 e. The quantitative estimate of drug-likeness (QED) is 0.838. The molecule has 2 bridgehead atoms. The highest BCUT2D eigenvalue weighted by Gasteiger charge is 2.65. The van der Waals surface area contributed by atoms with Gasteiger partial charge in [0.05, 0.1) is 4.90 Å². The maximum Gasteiger partial charge on any atom is 0.241 e. The molecule has 1 aromatic carbocycles. The first-order chi connectivity index (χ1) is 9.88. The van der Waals surface area contributed by atoms with Crippen molar-refractivity contribution in [3.05, 3.63) is 22.7 Å². The molecule has 4 atom stereocenters. The summed E-state index contributed by atoms with van der Waals surface area (Å²) in [5, 5.41) is 0.356. The van der Waals surface area contributed by atoms with Crippen molar-refractivity contribution in [3.63, 3.8) is 0 Å². The van der Waals surface area contributed by atoms with Crippen LogP contribution < -0.4 is 10.5 Å². The predicted octanol–water partition coefficient (Wildman–Crippen LogP) is 2.55. The maximum atomic E-state index is 12.6. The second-order valence-corrected chi connectivity index (χ2v) is 8.87. The van der Waals surface area contributed by atoms with Crippen molar-refractivity contribution in [3.8, 4) is 0 Å². The van der Waals surface area contributed by atoms with Gasteiger partial charge in [0, 0.05) is 16.8 Å². The van der Waals surface area contributed by atoms with E-state index in [1.54, 1.807) is 13.0 Å². The van der Waals surface area contributed by atoms with Crippen molar-refractivity contribution in [2.45, 2.75) is 37.1 Å². The van der Waals surface area contributed by atoms with E-state index >= 15 is 0 Å². The molecule has 0 radical (unpaired) electrons. The molecule has 0 saturated heterocycles. The Morgan fingerprint density at radius 3 is 2.48 bits per heavy atom. The van der Waals surface area contributed by atoms with E-state index < -0.39 is 10.0 Å². The number of nitrogens with one attached hydrogen (secondary N) is 1. The molecule has 4 nitrogen and oxygen atoms in total. The number of anilines is 1. The number of sulfonamides is 1. The van der Waals surface area contributed by atoms with Crippen LogP contribution in [0.15, 0.2) is 17.0 Å². The molecule has 0 spiro atoms. The van der Waals surface area contributed by atoms with Gasteiger partial charge < -0.3 is 5.73 Å². The number of halogens is 1. The van der Waals surface area contributed by atoms with Crippen molar-refractivity contribution >= 4 is 27.3 Å². The maximum absolute atomic E-state index is 12.6. The molecule has 0 amide bonds. The van der Waals surface area contributed by atoms with Crippen LogP contribution in [0.25, 0.3) is 0 Å². The Balaban J connectivity index is 1.61. The standard InChI is InChI=1S/C15H19ClN2O2S/c1-7-11(17)5-10(16)6-12(7)21(19,20)18-15-13-8-2-3-9(4-8)14(13)15/h5-6,8-9,13-15,18H,2-4,17H2,1H3. The van der Waals surface area contributed by atoms with Crippen LogP contribution in [-0.4, -0.2) is 14.5 Å². The summed E-state index contributed by atoms with van der Waals surface area (Å²) in [6, 6.07) is 3.20. The van der Waals surface area contributed by atoms with Crippen LogP contribution in [0.1, 0.15) is 24.8 Å². The van der Waals surface area contributed by atoms with Gasteiger partial charge in [0.15, 0.2) is 0 Å². The zero-order valence-corrected chi connectivity index (χ0v) is 13.4. The molecule has 3 N–H and O–H groups in total. The molecule has 3 fully saturated rings. The normalized spacial score (nSPS) is 36.8. The Morgan fingerprint density at radius 1 is 1.24 bits per heavy atom. The lowest BCUT2D eigenvalue weighted by Crippen LogP contribution is -2.30. The third-order valence-electron chi connectivity index (χ3n) is 5.68. The van der Waals surface area contributed by atoms with Gasteiger partial charge in [0.2, 0.25) is 10.0 Å². The van der Waals surface area contributed by atoms with E-state index in [-0.39, 0.29) is 10.9 Å². The van der Waals surface area contributed by atoms with Crippen LogP contribution >= 0.6 is 11.6 Å². The summed E-state index contributed by atoms with van der Waals surface area (Å²) < 4.78 is 28.2. The van der Waals surface area contributed by atoms with Gasteiger partial charge in [0.1, 0.15) is 0 Å². The fourth-order valence-corrected chi connectivity index (χ4v) is 6.57. The molecule has 21 heavy (non-hydrogen) atoms. The number of hydrogen-bond donors (Lipinski definition) is 2. The van der Waals surface area contributed by atoms with E-state index in [1.165, 1.54) is 25.3 Å². The summed E-state index contributed by atoms with van der Waals surface area (Å²) in [6.45, 7) is 1.72. The number of rotatable bonds is 3. The number of fused-ring (bicyclic) bond motifs is 5. The highest BCUT2D eigenvalue weighted by molar-refractivity contribution is 7.89. The minimum atomic E-state index is -3.55. The molecule has 3 aliphatic carbocycles. The minimum absolute atomic E-state index is 0.126. The van der Waals surface area contributed by atoms with E-state index in [4.69, 9.17) is 17.3 Å². The summed E-state index contributed by atoms with van der Waals surface area (Å²) in [5.41, 5.74) is 6.82. The summed E-state index contributed by atoms with van der Waals surface area (Å²) in [4.78, 5) is 0.213. The largest absolute Gasteiger partial charge is 0.398 e. The second kappa shape index (κ2) is 4.37. The molecular weight excluding hydrogens is 308 g/mol. The van der Waals surface area contributed by atoms with Gasteiger partial charge in [-0.15, -0.1) is 0 Å². The molecule has 3 saturated carbocycles. The third kappa shape index (κ3) is 2.01. The zero-order chi connectivity index (χ0) is 14.9. The fourth-order valence-electron chi connectivity index (χ4n) is 4.68. The van der Waals surface area contributed by atoms with Gasteiger partial charge in [-0.3, -0.25) is 0 Å². The number of benzene rings is 1. The molecule has 3 aliphatic rings. The Labute approximate surface area is 130 Å². The van der Waals surface area contributed by atoms with Gasteiger partial charge in [-0.05, 0) is 67.6 Å². The van der Waals surface area contributed by atoms with Crippen LogP contribution in [0.3, 0.4) is 0 Å². The highest BCUT2D eigenvalue weighted by Crippen LogP contribution is 2.65. The lowest BCUT2D eigenvalue weighted by molar-refractivity contribution is 0.456. The Hall–Kier alpha value is -0.780. The van der Waals surface area contributed by atoms with Gasteiger partial charge >= 0.3 is 0 Å². The number of nitrogens with two attached hydrogens (primary N) is 1. The second-order valence-electron chi connectivity index (χ2n) is 6.75. The first kappa shape index (κ1) is 13.9. The zero-order valence-electron chi connectivity index (χ0n) is 11.8. The van der Waals surface area contributed by atoms with Gasteiger partial charge in [-0.25, -0.2) is 13.1 Å². The Bertz CT molecular complexity index is 703. The molecule has 114 valence electrons. The monoisotopic (exact) mass is 326 g/mol. The van der Waals surface area contributed by atoms with Gasteiger partial charge in [-0.1, -0.05) is 11.6 Å². The molecule has 0 aliphatic heterocycles. The molecule has 0 aromatic heterocycles. The van der Waals surface area contributed by atoms with Crippen LogP contribution in [0.5, 0.6) is 0 Å². The number of hydrogen-bond acceptors (Lipinski definition) is 3. The van der Waals surface area contributed by atoms with E-state index in [9.17, 15) is 8.42 Å². The van der Waals surface area contributed by atoms with E-state index in [1.807, 2.05) is 0 Å². The molecule has 4 rings (SSSR count). The van der Waals surface area contributed by atoms with E-state index in [2.05, 4.69) is 4.72 Å². The smallest absolute Gasteiger partial charge is 0.241 e. The Morgan fingerprint density at radius 2 is 1.86 bits per heavy atom. The van der Waals surface area contributed by atoms with Crippen LogP contribution in [0.2, 0.25) is 5.02 Å². The molecule has 1 aromatic rings. The predicted molar refractivity (Wildman–Crippen MR) is 82.5 cm³/mol. The fraction of sp³-hybridized carbons (Fsp3) is 0.600. The van der Waals surface area contributed by atoms with Gasteiger partial charge in [0.25, 0.3) is 0 Å². The molecule has 4 unspecified atom stereocenters. The lowest BCUT2D eigenvalue weighted by atomic mass is 10.0. The van der Waals surface area contributed by atoms with Gasteiger partial charge in [-0.2, -0.15) is 0 Å². The molecule has 6 heteroatoms.